The van der Waals surface area contributed by atoms with Crippen molar-refractivity contribution in [3.63, 3.8) is 0 Å². The fourth-order valence-electron chi connectivity index (χ4n) is 0.901. The second-order valence-electron chi connectivity index (χ2n) is 2.92. The Morgan fingerprint density at radius 3 is 2.73 bits per heavy atom. The largest absolute Gasteiger partial charge is 0.365 e. The van der Waals surface area contributed by atoms with Crippen LogP contribution in [-0.4, -0.2) is 25.7 Å². The summed E-state index contributed by atoms with van der Waals surface area (Å²) >= 11 is 0. The summed E-state index contributed by atoms with van der Waals surface area (Å²) in [6.45, 7) is 3.69. The van der Waals surface area contributed by atoms with Crippen LogP contribution in [0.2, 0.25) is 0 Å². The van der Waals surface area contributed by atoms with Crippen LogP contribution in [0, 0.1) is 11.8 Å². The van der Waals surface area contributed by atoms with E-state index in [1.54, 1.807) is 13.3 Å². The van der Waals surface area contributed by atoms with Gasteiger partial charge in [-0.1, -0.05) is 18.8 Å². The number of hydrogen-bond acceptors (Lipinski definition) is 4. The van der Waals surface area contributed by atoms with Gasteiger partial charge < -0.3 is 15.8 Å². The highest BCUT2D eigenvalue weighted by molar-refractivity contribution is 5.97. The first-order valence-electron chi connectivity index (χ1n) is 4.84. The first kappa shape index (κ1) is 13.7. The number of rotatable bonds is 5. The molecule has 0 aromatic heterocycles. The molecule has 0 spiro atoms. The summed E-state index contributed by atoms with van der Waals surface area (Å²) in [5, 5.41) is 2.96. The van der Waals surface area contributed by atoms with Gasteiger partial charge in [-0.15, -0.1) is 0 Å². The van der Waals surface area contributed by atoms with Gasteiger partial charge in [-0.2, -0.15) is 0 Å². The number of Topliss-reactive ketones (excluding diaryl/α,β-unsaturated/α-hetero) is 1. The average Bonchev–Trinajstić information content (AvgIpc) is 2.23. The van der Waals surface area contributed by atoms with Crippen LogP contribution in [0.3, 0.4) is 0 Å². The highest BCUT2D eigenvalue weighted by Crippen LogP contribution is 1.96. The summed E-state index contributed by atoms with van der Waals surface area (Å²) in [4.78, 5) is 11.1. The first-order chi connectivity index (χ1) is 7.15. The second-order valence-corrected chi connectivity index (χ2v) is 2.92. The van der Waals surface area contributed by atoms with Crippen molar-refractivity contribution in [1.82, 2.24) is 5.32 Å². The minimum atomic E-state index is -0.0981. The van der Waals surface area contributed by atoms with Crippen molar-refractivity contribution in [1.29, 1.82) is 0 Å². The van der Waals surface area contributed by atoms with Crippen molar-refractivity contribution < 1.29 is 9.53 Å². The van der Waals surface area contributed by atoms with E-state index in [-0.39, 0.29) is 18.6 Å². The highest BCUT2D eigenvalue weighted by atomic mass is 16.5. The molecule has 0 saturated heterocycles. The molecule has 3 N–H and O–H groups in total. The fourth-order valence-corrected chi connectivity index (χ4v) is 0.901. The van der Waals surface area contributed by atoms with Gasteiger partial charge in [0.25, 0.3) is 0 Å². The normalized spacial score (nSPS) is 12.7. The van der Waals surface area contributed by atoms with Crippen LogP contribution in [0.4, 0.5) is 0 Å². The van der Waals surface area contributed by atoms with Crippen LogP contribution >= 0.6 is 0 Å². The molecule has 0 aromatic carbocycles. The standard InChI is InChI=1S/C11H18N2O2/c1-4-11(15-3)13-8-10(9(2)14)6-5-7-12/h8,11,13H,4,7,12H2,1-3H3/b10-8-/t11-/m1/s1. The highest BCUT2D eigenvalue weighted by Gasteiger charge is 2.03. The van der Waals surface area contributed by atoms with Crippen LogP contribution in [0.5, 0.6) is 0 Å². The molecule has 0 aliphatic rings. The number of nitrogens with two attached hydrogens (primary N) is 1. The number of carbonyl (C=O) groups is 1. The molecule has 0 amide bonds. The molecular formula is C11H18N2O2. The van der Waals surface area contributed by atoms with E-state index in [1.165, 1.54) is 6.92 Å². The van der Waals surface area contributed by atoms with E-state index in [0.29, 0.717) is 5.57 Å². The Bertz CT molecular complexity index is 283. The predicted octanol–water partition coefficient (Wildman–Crippen LogP) is 0.393. The minimum Gasteiger partial charge on any atom is -0.365 e. The molecule has 0 fully saturated rings. The first-order valence-corrected chi connectivity index (χ1v) is 4.84. The Balaban J connectivity index is 4.48. The lowest BCUT2D eigenvalue weighted by molar-refractivity contribution is -0.113. The van der Waals surface area contributed by atoms with Crippen LogP contribution in [-0.2, 0) is 9.53 Å². The fraction of sp³-hybridized carbons (Fsp3) is 0.545. The summed E-state index contributed by atoms with van der Waals surface area (Å²) in [6.07, 6.45) is 2.28. The molecule has 15 heavy (non-hydrogen) atoms. The van der Waals surface area contributed by atoms with Crippen LogP contribution in [0.1, 0.15) is 20.3 Å². The minimum absolute atomic E-state index is 0.0885. The Hall–Kier alpha value is -1.31. The second kappa shape index (κ2) is 8.04. The molecule has 0 heterocycles. The van der Waals surface area contributed by atoms with E-state index in [4.69, 9.17) is 10.5 Å². The van der Waals surface area contributed by atoms with Crippen LogP contribution in [0.25, 0.3) is 0 Å². The van der Waals surface area contributed by atoms with Gasteiger partial charge in [0.2, 0.25) is 0 Å². The van der Waals surface area contributed by atoms with Crippen molar-refractivity contribution >= 4 is 5.78 Å². The van der Waals surface area contributed by atoms with Gasteiger partial charge in [0.1, 0.15) is 6.23 Å². The Morgan fingerprint density at radius 2 is 2.33 bits per heavy atom. The average molecular weight is 210 g/mol. The number of carbonyl (C=O) groups excluding carboxylic acids is 1. The third-order valence-electron chi connectivity index (χ3n) is 1.77. The molecule has 0 aromatic rings. The van der Waals surface area contributed by atoms with Crippen LogP contribution in [0.15, 0.2) is 11.8 Å². The van der Waals surface area contributed by atoms with Crippen LogP contribution < -0.4 is 11.1 Å². The topological polar surface area (TPSA) is 64.3 Å². The van der Waals surface area contributed by atoms with E-state index in [9.17, 15) is 4.79 Å². The molecule has 0 rings (SSSR count). The lowest BCUT2D eigenvalue weighted by Gasteiger charge is -2.12. The smallest absolute Gasteiger partial charge is 0.169 e. The molecule has 84 valence electrons. The Morgan fingerprint density at radius 1 is 1.67 bits per heavy atom. The maximum Gasteiger partial charge on any atom is 0.169 e. The van der Waals surface area contributed by atoms with Crippen molar-refractivity contribution in [2.45, 2.75) is 26.5 Å². The molecule has 0 bridgehead atoms. The molecular weight excluding hydrogens is 192 g/mol. The molecule has 0 aliphatic heterocycles. The predicted molar refractivity (Wildman–Crippen MR) is 59.8 cm³/mol. The van der Waals surface area contributed by atoms with E-state index in [2.05, 4.69) is 17.2 Å². The van der Waals surface area contributed by atoms with Crippen molar-refractivity contribution in [3.8, 4) is 11.8 Å². The number of hydrogen-bond donors (Lipinski definition) is 2. The summed E-state index contributed by atoms with van der Waals surface area (Å²) in [5.41, 5.74) is 5.64. The summed E-state index contributed by atoms with van der Waals surface area (Å²) < 4.78 is 5.09. The molecule has 4 heteroatoms. The van der Waals surface area contributed by atoms with Gasteiger partial charge in [0.05, 0.1) is 12.1 Å². The number of allylic oxidation sites excluding steroid dienone is 1. The van der Waals surface area contributed by atoms with Crippen molar-refractivity contribution in [2.75, 3.05) is 13.7 Å². The molecule has 0 unspecified atom stereocenters. The van der Waals surface area contributed by atoms with Gasteiger partial charge in [-0.25, -0.2) is 0 Å². The van der Waals surface area contributed by atoms with Crippen molar-refractivity contribution in [2.24, 2.45) is 5.73 Å². The number of methoxy groups -OCH3 is 1. The number of ether oxygens (including phenoxy) is 1. The maximum atomic E-state index is 11.1. The zero-order valence-electron chi connectivity index (χ0n) is 9.46. The third kappa shape index (κ3) is 5.89. The van der Waals surface area contributed by atoms with Gasteiger partial charge in [0.15, 0.2) is 5.78 Å². The SMILES string of the molecule is CC[C@H](N/C=C(/C#CCN)C(C)=O)OC. The van der Waals surface area contributed by atoms with Gasteiger partial charge in [0, 0.05) is 13.3 Å². The zero-order valence-corrected chi connectivity index (χ0v) is 9.46. The number of nitrogens with one attached hydrogen (secondary N) is 1. The van der Waals surface area contributed by atoms with E-state index in [0.717, 1.165) is 6.42 Å². The summed E-state index contributed by atoms with van der Waals surface area (Å²) in [6, 6.07) is 0. The van der Waals surface area contributed by atoms with E-state index in [1.807, 2.05) is 6.92 Å². The molecule has 0 aliphatic carbocycles. The third-order valence-corrected chi connectivity index (χ3v) is 1.77. The molecule has 1 atom stereocenters. The lowest BCUT2D eigenvalue weighted by Crippen LogP contribution is -2.26. The van der Waals surface area contributed by atoms with Gasteiger partial charge >= 0.3 is 0 Å². The maximum absolute atomic E-state index is 11.1. The lowest BCUT2D eigenvalue weighted by atomic mass is 10.2. The molecule has 0 radical (unpaired) electrons. The van der Waals surface area contributed by atoms with E-state index >= 15 is 0 Å². The van der Waals surface area contributed by atoms with Gasteiger partial charge in [-0.05, 0) is 13.3 Å². The summed E-state index contributed by atoms with van der Waals surface area (Å²) in [7, 11) is 1.61. The monoisotopic (exact) mass is 210 g/mol. The Kier molecular flexibility index (Phi) is 7.33. The van der Waals surface area contributed by atoms with E-state index < -0.39 is 0 Å². The van der Waals surface area contributed by atoms with Gasteiger partial charge in [-0.3, -0.25) is 4.79 Å². The Labute approximate surface area is 90.9 Å². The quantitative estimate of drug-likeness (QED) is 0.391. The zero-order chi connectivity index (χ0) is 11.7. The summed E-state index contributed by atoms with van der Waals surface area (Å²) in [5.74, 6) is 5.25. The number of ketones is 1. The molecule has 4 nitrogen and oxygen atoms in total. The molecule has 0 saturated carbocycles. The van der Waals surface area contributed by atoms with Crippen molar-refractivity contribution in [3.05, 3.63) is 11.8 Å².